The van der Waals surface area contributed by atoms with Crippen molar-refractivity contribution in [2.75, 3.05) is 0 Å². The third kappa shape index (κ3) is 2.63. The predicted molar refractivity (Wildman–Crippen MR) is 97.1 cm³/mol. The Labute approximate surface area is 154 Å². The van der Waals surface area contributed by atoms with Crippen LogP contribution in [0.1, 0.15) is 31.5 Å². The first-order valence-electron chi connectivity index (χ1n) is 8.11. The highest BCUT2D eigenvalue weighted by atomic mass is 35.5. The molecule has 0 amide bonds. The molecule has 26 heavy (non-hydrogen) atoms. The third-order valence-corrected chi connectivity index (χ3v) is 4.89. The van der Waals surface area contributed by atoms with Gasteiger partial charge in [0.25, 0.3) is 11.4 Å². The van der Waals surface area contributed by atoms with Crippen molar-refractivity contribution in [1.29, 1.82) is 0 Å². The molecule has 3 aromatic rings. The molecular weight excluding hydrogens is 360 g/mol. The van der Waals surface area contributed by atoms with Crippen molar-refractivity contribution in [1.82, 2.24) is 24.3 Å². The SMILES string of the molecule is Cl.Cn1c(=O)c2ccc(-c3nc(C4(N)CCCC4)no3)nc2n(C)c1=O. The zero-order valence-corrected chi connectivity index (χ0v) is 15.2. The van der Waals surface area contributed by atoms with Gasteiger partial charge in [0.1, 0.15) is 11.3 Å². The molecule has 1 fully saturated rings. The molecule has 1 saturated carbocycles. The van der Waals surface area contributed by atoms with Gasteiger partial charge in [0.05, 0.1) is 10.9 Å². The van der Waals surface area contributed by atoms with E-state index in [1.165, 1.54) is 11.6 Å². The van der Waals surface area contributed by atoms with E-state index < -0.39 is 16.8 Å². The molecule has 3 heterocycles. The molecule has 2 N–H and O–H groups in total. The second-order valence-electron chi connectivity index (χ2n) is 6.56. The second kappa shape index (κ2) is 6.33. The molecule has 0 atom stereocenters. The number of hydrogen-bond acceptors (Lipinski definition) is 7. The lowest BCUT2D eigenvalue weighted by Gasteiger charge is -2.17. The number of pyridine rings is 1. The molecule has 9 nitrogen and oxygen atoms in total. The molecule has 0 saturated heterocycles. The smallest absolute Gasteiger partial charge is 0.332 e. The van der Waals surface area contributed by atoms with Crippen molar-refractivity contribution in [3.05, 3.63) is 38.8 Å². The summed E-state index contributed by atoms with van der Waals surface area (Å²) in [5.74, 6) is 0.696. The molecule has 1 aliphatic carbocycles. The van der Waals surface area contributed by atoms with E-state index >= 15 is 0 Å². The number of aryl methyl sites for hydroxylation is 1. The molecule has 1 aliphatic rings. The summed E-state index contributed by atoms with van der Waals surface area (Å²) in [6.45, 7) is 0. The van der Waals surface area contributed by atoms with Gasteiger partial charge in [-0.25, -0.2) is 9.78 Å². The van der Waals surface area contributed by atoms with Gasteiger partial charge in [0.15, 0.2) is 5.82 Å². The lowest BCUT2D eigenvalue weighted by Crippen LogP contribution is -2.37. The molecular formula is C16H19ClN6O3. The number of aromatic nitrogens is 5. The van der Waals surface area contributed by atoms with Gasteiger partial charge in [-0.3, -0.25) is 13.9 Å². The van der Waals surface area contributed by atoms with Crippen LogP contribution in [0.2, 0.25) is 0 Å². The van der Waals surface area contributed by atoms with Crippen LogP contribution in [0.5, 0.6) is 0 Å². The molecule has 0 aromatic carbocycles. The molecule has 138 valence electrons. The summed E-state index contributed by atoms with van der Waals surface area (Å²) in [6, 6.07) is 3.24. The van der Waals surface area contributed by atoms with E-state index in [1.54, 1.807) is 19.2 Å². The van der Waals surface area contributed by atoms with Crippen molar-refractivity contribution >= 4 is 23.4 Å². The van der Waals surface area contributed by atoms with Crippen LogP contribution in [-0.2, 0) is 19.6 Å². The summed E-state index contributed by atoms with van der Waals surface area (Å²) in [6.07, 6.45) is 3.73. The number of hydrogen-bond donors (Lipinski definition) is 1. The minimum Gasteiger partial charge on any atom is -0.332 e. The van der Waals surface area contributed by atoms with Crippen molar-refractivity contribution in [2.24, 2.45) is 19.8 Å². The van der Waals surface area contributed by atoms with Crippen LogP contribution >= 0.6 is 12.4 Å². The first-order chi connectivity index (χ1) is 11.9. The molecule has 4 rings (SSSR count). The van der Waals surface area contributed by atoms with Crippen LogP contribution in [0.15, 0.2) is 26.2 Å². The van der Waals surface area contributed by atoms with Gasteiger partial charge in [0.2, 0.25) is 0 Å². The average molecular weight is 379 g/mol. The van der Waals surface area contributed by atoms with E-state index in [0.29, 0.717) is 16.9 Å². The van der Waals surface area contributed by atoms with Crippen LogP contribution in [0.4, 0.5) is 0 Å². The van der Waals surface area contributed by atoms with E-state index in [0.717, 1.165) is 30.3 Å². The van der Waals surface area contributed by atoms with Crippen molar-refractivity contribution in [3.63, 3.8) is 0 Å². The van der Waals surface area contributed by atoms with Crippen LogP contribution < -0.4 is 17.0 Å². The number of rotatable bonds is 2. The number of nitrogens with two attached hydrogens (primary N) is 1. The maximum Gasteiger partial charge on any atom is 0.332 e. The van der Waals surface area contributed by atoms with Crippen molar-refractivity contribution in [2.45, 2.75) is 31.2 Å². The lowest BCUT2D eigenvalue weighted by atomic mass is 9.99. The zero-order chi connectivity index (χ0) is 17.8. The Balaban J connectivity index is 0.00000196. The molecule has 0 spiro atoms. The zero-order valence-electron chi connectivity index (χ0n) is 14.4. The second-order valence-corrected chi connectivity index (χ2v) is 6.56. The van der Waals surface area contributed by atoms with E-state index in [9.17, 15) is 9.59 Å². The highest BCUT2D eigenvalue weighted by Crippen LogP contribution is 2.35. The number of fused-ring (bicyclic) bond motifs is 1. The standard InChI is InChI=1S/C16H18N6O3.ClH/c1-21-11-9(13(23)22(2)15(21)24)5-6-10(18-11)12-19-14(20-25-12)16(17)7-3-4-8-16;/h5-6H,3-4,7-8,17H2,1-2H3;1H. The fourth-order valence-corrected chi connectivity index (χ4v) is 3.33. The Morgan fingerprint density at radius 3 is 2.50 bits per heavy atom. The molecule has 0 unspecified atom stereocenters. The molecule has 0 aliphatic heterocycles. The first kappa shape index (κ1) is 18.3. The fraction of sp³-hybridized carbons (Fsp3) is 0.438. The Bertz CT molecular complexity index is 1090. The molecule has 10 heteroatoms. The van der Waals surface area contributed by atoms with Gasteiger partial charge in [0, 0.05) is 14.1 Å². The largest absolute Gasteiger partial charge is 0.332 e. The quantitative estimate of drug-likeness (QED) is 0.700. The number of nitrogens with zero attached hydrogens (tertiary/aromatic N) is 5. The molecule has 0 radical (unpaired) electrons. The van der Waals surface area contributed by atoms with Crippen LogP contribution in [0, 0.1) is 0 Å². The van der Waals surface area contributed by atoms with Gasteiger partial charge in [-0.2, -0.15) is 4.98 Å². The van der Waals surface area contributed by atoms with Gasteiger partial charge in [-0.05, 0) is 25.0 Å². The van der Waals surface area contributed by atoms with Gasteiger partial charge in [-0.1, -0.05) is 18.0 Å². The van der Waals surface area contributed by atoms with Crippen LogP contribution in [0.25, 0.3) is 22.6 Å². The van der Waals surface area contributed by atoms with Crippen molar-refractivity contribution < 1.29 is 4.52 Å². The van der Waals surface area contributed by atoms with E-state index in [2.05, 4.69) is 15.1 Å². The minimum absolute atomic E-state index is 0. The van der Waals surface area contributed by atoms with E-state index in [1.807, 2.05) is 0 Å². The van der Waals surface area contributed by atoms with Gasteiger partial charge < -0.3 is 10.3 Å². The Hall–Kier alpha value is -2.52. The third-order valence-electron chi connectivity index (χ3n) is 4.89. The average Bonchev–Trinajstić information content (AvgIpc) is 3.28. The summed E-state index contributed by atoms with van der Waals surface area (Å²) in [5.41, 5.74) is 5.63. The van der Waals surface area contributed by atoms with E-state index in [4.69, 9.17) is 10.3 Å². The Morgan fingerprint density at radius 1 is 1.12 bits per heavy atom. The highest BCUT2D eigenvalue weighted by Gasteiger charge is 2.36. The van der Waals surface area contributed by atoms with Gasteiger partial charge >= 0.3 is 5.69 Å². The summed E-state index contributed by atoms with van der Waals surface area (Å²) < 4.78 is 7.69. The maximum atomic E-state index is 12.2. The highest BCUT2D eigenvalue weighted by molar-refractivity contribution is 5.85. The fourth-order valence-electron chi connectivity index (χ4n) is 3.33. The monoisotopic (exact) mass is 378 g/mol. The maximum absolute atomic E-state index is 12.2. The van der Waals surface area contributed by atoms with Crippen LogP contribution in [-0.4, -0.2) is 24.3 Å². The van der Waals surface area contributed by atoms with Crippen LogP contribution in [0.3, 0.4) is 0 Å². The number of halogens is 1. The van der Waals surface area contributed by atoms with E-state index in [-0.39, 0.29) is 23.9 Å². The van der Waals surface area contributed by atoms with Crippen molar-refractivity contribution in [3.8, 4) is 11.6 Å². The summed E-state index contributed by atoms with van der Waals surface area (Å²) >= 11 is 0. The summed E-state index contributed by atoms with van der Waals surface area (Å²) in [5, 5.41) is 4.36. The Morgan fingerprint density at radius 2 is 1.81 bits per heavy atom. The lowest BCUT2D eigenvalue weighted by molar-refractivity contribution is 0.372. The predicted octanol–water partition coefficient (Wildman–Crippen LogP) is 0.832. The first-order valence-corrected chi connectivity index (χ1v) is 8.11. The Kier molecular flexibility index (Phi) is 4.45. The van der Waals surface area contributed by atoms with Gasteiger partial charge in [-0.15, -0.1) is 12.4 Å². The summed E-state index contributed by atoms with van der Waals surface area (Å²) in [4.78, 5) is 33.1. The summed E-state index contributed by atoms with van der Waals surface area (Å²) in [7, 11) is 3.00. The topological polar surface area (TPSA) is 122 Å². The normalized spacial score (nSPS) is 16.0. The molecule has 3 aromatic heterocycles. The minimum atomic E-state index is -0.554. The molecule has 0 bridgehead atoms.